The highest BCUT2D eigenvalue weighted by atomic mass is 16.5. The molecule has 1 aliphatic rings. The quantitative estimate of drug-likeness (QED) is 0.798. The summed E-state index contributed by atoms with van der Waals surface area (Å²) in [6.45, 7) is 2.23. The number of ether oxygens (including phenoxy) is 1. The highest BCUT2D eigenvalue weighted by Gasteiger charge is 2.07. The van der Waals surface area contributed by atoms with Crippen LogP contribution in [0.3, 0.4) is 0 Å². The molecule has 3 heteroatoms. The molecular weight excluding hydrogens is 212 g/mol. The first-order valence-electron chi connectivity index (χ1n) is 5.84. The molecule has 1 aliphatic heterocycles. The normalized spacial score (nSPS) is 15.2. The second-order valence-electron chi connectivity index (χ2n) is 4.12. The van der Waals surface area contributed by atoms with Crippen LogP contribution in [-0.2, 0) is 0 Å². The maximum Gasteiger partial charge on any atom is 0.119 e. The lowest BCUT2D eigenvalue weighted by Gasteiger charge is -2.10. The average Bonchev–Trinajstić information content (AvgIpc) is 2.89. The van der Waals surface area contributed by atoms with E-state index in [1.54, 1.807) is 13.2 Å². The smallest absolute Gasteiger partial charge is 0.119 e. The van der Waals surface area contributed by atoms with E-state index in [-0.39, 0.29) is 0 Å². The fourth-order valence-electron chi connectivity index (χ4n) is 1.98. The SMILES string of the molecule is COc1ccc(C#N)c(/C=C/N2CCCC2)c1. The molecule has 17 heavy (non-hydrogen) atoms. The number of nitriles is 1. The number of methoxy groups -OCH3 is 1. The summed E-state index contributed by atoms with van der Waals surface area (Å²) in [5.74, 6) is 0.782. The van der Waals surface area contributed by atoms with Gasteiger partial charge >= 0.3 is 0 Å². The topological polar surface area (TPSA) is 36.3 Å². The Morgan fingerprint density at radius 1 is 1.35 bits per heavy atom. The van der Waals surface area contributed by atoms with E-state index in [0.717, 1.165) is 24.4 Å². The number of rotatable bonds is 3. The van der Waals surface area contributed by atoms with Crippen LogP contribution in [0.15, 0.2) is 24.4 Å². The molecule has 0 bridgehead atoms. The highest BCUT2D eigenvalue weighted by Crippen LogP contribution is 2.19. The van der Waals surface area contributed by atoms with E-state index >= 15 is 0 Å². The summed E-state index contributed by atoms with van der Waals surface area (Å²) in [6, 6.07) is 7.70. The molecule has 0 saturated carbocycles. The summed E-state index contributed by atoms with van der Waals surface area (Å²) in [7, 11) is 1.63. The largest absolute Gasteiger partial charge is 0.497 e. The molecule has 0 radical (unpaired) electrons. The molecule has 1 heterocycles. The number of hydrogen-bond acceptors (Lipinski definition) is 3. The number of hydrogen-bond donors (Lipinski definition) is 0. The van der Waals surface area contributed by atoms with Crippen molar-refractivity contribution >= 4 is 6.08 Å². The van der Waals surface area contributed by atoms with E-state index in [9.17, 15) is 0 Å². The summed E-state index contributed by atoms with van der Waals surface area (Å²) in [5, 5.41) is 9.04. The summed E-state index contributed by atoms with van der Waals surface area (Å²) < 4.78 is 5.17. The minimum atomic E-state index is 0.682. The van der Waals surface area contributed by atoms with Crippen molar-refractivity contribution in [2.24, 2.45) is 0 Å². The Kier molecular flexibility index (Phi) is 3.66. The van der Waals surface area contributed by atoms with Gasteiger partial charge in [0.05, 0.1) is 18.7 Å². The second-order valence-corrected chi connectivity index (χ2v) is 4.12. The lowest BCUT2D eigenvalue weighted by molar-refractivity contribution is 0.414. The third kappa shape index (κ3) is 2.79. The van der Waals surface area contributed by atoms with Crippen LogP contribution < -0.4 is 4.74 Å². The molecular formula is C14H16N2O. The van der Waals surface area contributed by atoms with Crippen LogP contribution in [0.1, 0.15) is 24.0 Å². The zero-order valence-electron chi connectivity index (χ0n) is 10.0. The Bertz CT molecular complexity index is 454. The van der Waals surface area contributed by atoms with Crippen LogP contribution in [0.2, 0.25) is 0 Å². The fourth-order valence-corrected chi connectivity index (χ4v) is 1.98. The van der Waals surface area contributed by atoms with Gasteiger partial charge < -0.3 is 9.64 Å². The van der Waals surface area contributed by atoms with Gasteiger partial charge in [-0.15, -0.1) is 0 Å². The highest BCUT2D eigenvalue weighted by molar-refractivity contribution is 5.60. The van der Waals surface area contributed by atoms with Crippen LogP contribution in [0.4, 0.5) is 0 Å². The van der Waals surface area contributed by atoms with Crippen LogP contribution in [0.25, 0.3) is 6.08 Å². The maximum atomic E-state index is 9.04. The summed E-state index contributed by atoms with van der Waals surface area (Å²) in [4.78, 5) is 2.28. The molecule has 1 aromatic carbocycles. The summed E-state index contributed by atoms with van der Waals surface area (Å²) >= 11 is 0. The fraction of sp³-hybridized carbons (Fsp3) is 0.357. The molecule has 0 aromatic heterocycles. The van der Waals surface area contributed by atoms with Gasteiger partial charge in [0, 0.05) is 13.1 Å². The molecule has 2 rings (SSSR count). The van der Waals surface area contributed by atoms with Crippen LogP contribution in [-0.4, -0.2) is 25.1 Å². The van der Waals surface area contributed by atoms with Gasteiger partial charge in [0.1, 0.15) is 5.75 Å². The van der Waals surface area contributed by atoms with Gasteiger partial charge in [0.15, 0.2) is 0 Å². The third-order valence-corrected chi connectivity index (χ3v) is 2.98. The lowest BCUT2D eigenvalue weighted by atomic mass is 10.1. The zero-order chi connectivity index (χ0) is 12.1. The standard InChI is InChI=1S/C14H16N2O/c1-17-14-5-4-13(11-15)12(10-14)6-9-16-7-2-3-8-16/h4-6,9-10H,2-3,7-8H2,1H3/b9-6+. The molecule has 3 nitrogen and oxygen atoms in total. The van der Waals surface area contributed by atoms with Crippen molar-refractivity contribution in [2.45, 2.75) is 12.8 Å². The summed E-state index contributed by atoms with van der Waals surface area (Å²) in [6.07, 6.45) is 6.58. The first kappa shape index (κ1) is 11.5. The van der Waals surface area contributed by atoms with E-state index in [0.29, 0.717) is 5.56 Å². The van der Waals surface area contributed by atoms with Crippen LogP contribution in [0.5, 0.6) is 5.75 Å². The monoisotopic (exact) mass is 228 g/mol. The van der Waals surface area contributed by atoms with E-state index in [2.05, 4.69) is 17.2 Å². The molecule has 0 atom stereocenters. The first-order valence-corrected chi connectivity index (χ1v) is 5.84. The van der Waals surface area contributed by atoms with Gasteiger partial charge in [0.2, 0.25) is 0 Å². The zero-order valence-corrected chi connectivity index (χ0v) is 10.0. The molecule has 0 unspecified atom stereocenters. The molecule has 1 aromatic rings. The molecule has 0 N–H and O–H groups in total. The lowest BCUT2D eigenvalue weighted by Crippen LogP contribution is -2.10. The van der Waals surface area contributed by atoms with Crippen molar-refractivity contribution < 1.29 is 4.74 Å². The number of benzene rings is 1. The molecule has 0 amide bonds. The number of nitrogens with zero attached hydrogens (tertiary/aromatic N) is 2. The Balaban J connectivity index is 2.20. The molecule has 88 valence electrons. The average molecular weight is 228 g/mol. The van der Waals surface area contributed by atoms with E-state index in [1.165, 1.54) is 12.8 Å². The Hall–Kier alpha value is -1.95. The van der Waals surface area contributed by atoms with Gasteiger partial charge in [0.25, 0.3) is 0 Å². The van der Waals surface area contributed by atoms with Crippen molar-refractivity contribution in [1.29, 1.82) is 5.26 Å². The predicted molar refractivity (Wildman–Crippen MR) is 67.6 cm³/mol. The second kappa shape index (κ2) is 5.40. The van der Waals surface area contributed by atoms with Crippen molar-refractivity contribution in [3.05, 3.63) is 35.5 Å². The minimum Gasteiger partial charge on any atom is -0.497 e. The minimum absolute atomic E-state index is 0.682. The van der Waals surface area contributed by atoms with Gasteiger partial charge in [-0.05, 0) is 48.9 Å². The van der Waals surface area contributed by atoms with Crippen molar-refractivity contribution in [3.8, 4) is 11.8 Å². The molecule has 1 saturated heterocycles. The first-order chi connectivity index (χ1) is 8.33. The van der Waals surface area contributed by atoms with E-state index in [1.807, 2.05) is 18.2 Å². The summed E-state index contributed by atoms with van der Waals surface area (Å²) in [5.41, 5.74) is 1.60. The van der Waals surface area contributed by atoms with Gasteiger partial charge in [-0.25, -0.2) is 0 Å². The van der Waals surface area contributed by atoms with Crippen molar-refractivity contribution in [2.75, 3.05) is 20.2 Å². The van der Waals surface area contributed by atoms with Crippen molar-refractivity contribution in [1.82, 2.24) is 4.90 Å². The Morgan fingerprint density at radius 2 is 2.12 bits per heavy atom. The van der Waals surface area contributed by atoms with E-state index < -0.39 is 0 Å². The van der Waals surface area contributed by atoms with E-state index in [4.69, 9.17) is 10.00 Å². The van der Waals surface area contributed by atoms with Gasteiger partial charge in [-0.1, -0.05) is 0 Å². The third-order valence-electron chi connectivity index (χ3n) is 2.98. The maximum absolute atomic E-state index is 9.04. The van der Waals surface area contributed by atoms with Crippen molar-refractivity contribution in [3.63, 3.8) is 0 Å². The van der Waals surface area contributed by atoms with Gasteiger partial charge in [-0.2, -0.15) is 5.26 Å². The Labute approximate surface area is 102 Å². The number of likely N-dealkylation sites (tertiary alicyclic amines) is 1. The molecule has 0 spiro atoms. The Morgan fingerprint density at radius 3 is 2.76 bits per heavy atom. The molecule has 1 fully saturated rings. The predicted octanol–water partition coefficient (Wildman–Crippen LogP) is 2.63. The van der Waals surface area contributed by atoms with Crippen LogP contribution in [0, 0.1) is 11.3 Å². The molecule has 0 aliphatic carbocycles. The van der Waals surface area contributed by atoms with Crippen LogP contribution >= 0.6 is 0 Å². The van der Waals surface area contributed by atoms with Gasteiger partial charge in [-0.3, -0.25) is 0 Å².